The largest absolute Gasteiger partial charge is 0.397 e. The molecule has 0 saturated carbocycles. The fourth-order valence-electron chi connectivity index (χ4n) is 1.53. The summed E-state index contributed by atoms with van der Waals surface area (Å²) < 4.78 is 25.9. The average molecular weight is 291 g/mol. The Balaban J connectivity index is 3.02. The van der Waals surface area contributed by atoms with Crippen molar-refractivity contribution in [3.63, 3.8) is 0 Å². The second-order valence-electron chi connectivity index (χ2n) is 4.48. The van der Waals surface area contributed by atoms with Gasteiger partial charge in [-0.05, 0) is 24.1 Å². The lowest BCUT2D eigenvalue weighted by atomic mass is 10.1. The van der Waals surface area contributed by atoms with Gasteiger partial charge in [-0.25, -0.2) is 12.7 Å². The summed E-state index contributed by atoms with van der Waals surface area (Å²) in [5, 5.41) is 0.360. The minimum atomic E-state index is -3.49. The van der Waals surface area contributed by atoms with E-state index in [0.29, 0.717) is 17.5 Å². The van der Waals surface area contributed by atoms with Crippen molar-refractivity contribution < 1.29 is 8.42 Å². The SMILES string of the molecule is CCC(C)CN(C)S(=O)(=O)c1ccc(Cl)c(N)c1. The van der Waals surface area contributed by atoms with Crippen molar-refractivity contribution >= 4 is 27.3 Å². The Bertz CT molecular complexity index is 517. The van der Waals surface area contributed by atoms with Crippen LogP contribution in [-0.4, -0.2) is 26.3 Å². The highest BCUT2D eigenvalue weighted by atomic mass is 35.5. The van der Waals surface area contributed by atoms with Crippen molar-refractivity contribution in [1.82, 2.24) is 4.31 Å². The minimum Gasteiger partial charge on any atom is -0.397 e. The van der Waals surface area contributed by atoms with Gasteiger partial charge >= 0.3 is 0 Å². The fourth-order valence-corrected chi connectivity index (χ4v) is 2.97. The molecule has 102 valence electrons. The highest BCUT2D eigenvalue weighted by Gasteiger charge is 2.22. The Morgan fingerprint density at radius 3 is 2.56 bits per heavy atom. The van der Waals surface area contributed by atoms with Crippen LogP contribution in [0.5, 0.6) is 0 Å². The van der Waals surface area contributed by atoms with Gasteiger partial charge in [0.05, 0.1) is 15.6 Å². The summed E-state index contributed by atoms with van der Waals surface area (Å²) in [5.41, 5.74) is 5.90. The molecule has 6 heteroatoms. The van der Waals surface area contributed by atoms with Crippen LogP contribution in [0, 0.1) is 5.92 Å². The first-order valence-corrected chi connectivity index (χ1v) is 7.62. The van der Waals surface area contributed by atoms with E-state index in [0.717, 1.165) is 6.42 Å². The molecule has 0 amide bonds. The van der Waals surface area contributed by atoms with E-state index in [1.54, 1.807) is 7.05 Å². The van der Waals surface area contributed by atoms with E-state index in [-0.39, 0.29) is 10.6 Å². The Morgan fingerprint density at radius 2 is 2.06 bits per heavy atom. The molecule has 0 fully saturated rings. The van der Waals surface area contributed by atoms with Crippen LogP contribution in [0.2, 0.25) is 5.02 Å². The summed E-state index contributed by atoms with van der Waals surface area (Å²) in [7, 11) is -1.91. The van der Waals surface area contributed by atoms with Gasteiger partial charge in [0, 0.05) is 13.6 Å². The molecule has 0 aliphatic rings. The molecule has 0 bridgehead atoms. The third kappa shape index (κ3) is 3.37. The van der Waals surface area contributed by atoms with Crippen LogP contribution in [-0.2, 0) is 10.0 Å². The van der Waals surface area contributed by atoms with Crippen molar-refractivity contribution in [2.45, 2.75) is 25.2 Å². The van der Waals surface area contributed by atoms with Crippen LogP contribution in [0.25, 0.3) is 0 Å². The number of anilines is 1. The molecule has 0 radical (unpaired) electrons. The van der Waals surface area contributed by atoms with Crippen molar-refractivity contribution in [3.05, 3.63) is 23.2 Å². The van der Waals surface area contributed by atoms with Crippen LogP contribution in [0.15, 0.2) is 23.1 Å². The van der Waals surface area contributed by atoms with Gasteiger partial charge < -0.3 is 5.73 Å². The van der Waals surface area contributed by atoms with Gasteiger partial charge in [-0.15, -0.1) is 0 Å². The van der Waals surface area contributed by atoms with Gasteiger partial charge in [0.15, 0.2) is 0 Å². The normalized spacial score (nSPS) is 13.8. The molecule has 2 N–H and O–H groups in total. The Morgan fingerprint density at radius 1 is 1.44 bits per heavy atom. The van der Waals surface area contributed by atoms with Crippen LogP contribution in [0.4, 0.5) is 5.69 Å². The predicted octanol–water partition coefficient (Wildman–Crippen LogP) is 2.59. The van der Waals surface area contributed by atoms with Crippen LogP contribution >= 0.6 is 11.6 Å². The summed E-state index contributed by atoms with van der Waals surface area (Å²) in [5.74, 6) is 0.314. The summed E-state index contributed by atoms with van der Waals surface area (Å²) in [4.78, 5) is 0.176. The zero-order chi connectivity index (χ0) is 13.9. The Labute approximate surface area is 114 Å². The average Bonchev–Trinajstić information content (AvgIpc) is 2.32. The van der Waals surface area contributed by atoms with Gasteiger partial charge in [-0.2, -0.15) is 0 Å². The standard InChI is InChI=1S/C12H19ClN2O2S/c1-4-9(2)8-15(3)18(16,17)10-5-6-11(13)12(14)7-10/h5-7,9H,4,8,14H2,1-3H3. The smallest absolute Gasteiger partial charge is 0.242 e. The van der Waals surface area contributed by atoms with E-state index >= 15 is 0 Å². The minimum absolute atomic E-state index is 0.176. The zero-order valence-corrected chi connectivity index (χ0v) is 12.4. The lowest BCUT2D eigenvalue weighted by Gasteiger charge is -2.20. The van der Waals surface area contributed by atoms with Crippen LogP contribution in [0.3, 0.4) is 0 Å². The molecule has 0 heterocycles. The highest BCUT2D eigenvalue weighted by molar-refractivity contribution is 7.89. The summed E-state index contributed by atoms with van der Waals surface area (Å²) in [6.07, 6.45) is 0.933. The summed E-state index contributed by atoms with van der Waals surface area (Å²) >= 11 is 5.78. The maximum absolute atomic E-state index is 12.3. The number of rotatable bonds is 5. The third-order valence-corrected chi connectivity index (χ3v) is 5.10. The number of benzene rings is 1. The molecular formula is C12H19ClN2O2S. The third-order valence-electron chi connectivity index (χ3n) is 2.94. The Kier molecular flexibility index (Phi) is 5.01. The molecule has 0 aromatic heterocycles. The number of sulfonamides is 1. The molecule has 0 saturated heterocycles. The molecule has 1 atom stereocenters. The van der Waals surface area contributed by atoms with Crippen LogP contribution < -0.4 is 5.73 Å². The molecule has 1 rings (SSSR count). The first-order valence-electron chi connectivity index (χ1n) is 5.80. The number of hydrogen-bond donors (Lipinski definition) is 1. The quantitative estimate of drug-likeness (QED) is 0.848. The zero-order valence-electron chi connectivity index (χ0n) is 10.9. The topological polar surface area (TPSA) is 63.4 Å². The van der Waals surface area contributed by atoms with Gasteiger partial charge in [0.1, 0.15) is 0 Å². The number of nitrogens with zero attached hydrogens (tertiary/aromatic N) is 1. The first kappa shape index (κ1) is 15.3. The maximum Gasteiger partial charge on any atom is 0.242 e. The van der Waals surface area contributed by atoms with Gasteiger partial charge in [-0.1, -0.05) is 31.9 Å². The molecule has 18 heavy (non-hydrogen) atoms. The summed E-state index contributed by atoms with van der Waals surface area (Å²) in [6, 6.07) is 4.37. The molecule has 0 spiro atoms. The van der Waals surface area contributed by atoms with E-state index in [1.165, 1.54) is 22.5 Å². The molecule has 0 aliphatic heterocycles. The maximum atomic E-state index is 12.3. The predicted molar refractivity (Wildman–Crippen MR) is 75.1 cm³/mol. The molecule has 1 aromatic carbocycles. The molecule has 1 aromatic rings. The number of halogens is 1. The van der Waals surface area contributed by atoms with Crippen molar-refractivity contribution in [3.8, 4) is 0 Å². The van der Waals surface area contributed by atoms with E-state index in [4.69, 9.17) is 17.3 Å². The Hall–Kier alpha value is -0.780. The van der Waals surface area contributed by atoms with E-state index in [2.05, 4.69) is 0 Å². The van der Waals surface area contributed by atoms with Crippen molar-refractivity contribution in [2.75, 3.05) is 19.3 Å². The lowest BCUT2D eigenvalue weighted by Crippen LogP contribution is -2.31. The van der Waals surface area contributed by atoms with Crippen molar-refractivity contribution in [1.29, 1.82) is 0 Å². The highest BCUT2D eigenvalue weighted by Crippen LogP contribution is 2.24. The molecule has 1 unspecified atom stereocenters. The van der Waals surface area contributed by atoms with E-state index in [9.17, 15) is 8.42 Å². The second-order valence-corrected chi connectivity index (χ2v) is 6.93. The number of nitrogens with two attached hydrogens (primary N) is 1. The molecular weight excluding hydrogens is 272 g/mol. The second kappa shape index (κ2) is 5.91. The first-order chi connectivity index (χ1) is 8.28. The number of hydrogen-bond acceptors (Lipinski definition) is 3. The van der Waals surface area contributed by atoms with Crippen molar-refractivity contribution in [2.24, 2.45) is 5.92 Å². The van der Waals surface area contributed by atoms with E-state index < -0.39 is 10.0 Å². The van der Waals surface area contributed by atoms with Gasteiger partial charge in [0.2, 0.25) is 10.0 Å². The fraction of sp³-hybridized carbons (Fsp3) is 0.500. The molecule has 4 nitrogen and oxygen atoms in total. The van der Waals surface area contributed by atoms with Crippen LogP contribution in [0.1, 0.15) is 20.3 Å². The lowest BCUT2D eigenvalue weighted by molar-refractivity contribution is 0.393. The monoisotopic (exact) mass is 290 g/mol. The van der Waals surface area contributed by atoms with Gasteiger partial charge in [0.25, 0.3) is 0 Å². The molecule has 0 aliphatic carbocycles. The number of nitrogen functional groups attached to an aromatic ring is 1. The van der Waals surface area contributed by atoms with E-state index in [1.807, 2.05) is 13.8 Å². The summed E-state index contributed by atoms with van der Waals surface area (Å²) in [6.45, 7) is 4.54. The van der Waals surface area contributed by atoms with Gasteiger partial charge in [-0.3, -0.25) is 0 Å².